The first-order valence-corrected chi connectivity index (χ1v) is 22.5. The first-order valence-electron chi connectivity index (χ1n) is 16.2. The van der Waals surface area contributed by atoms with Crippen LogP contribution in [0.25, 0.3) is 21.8 Å². The normalized spacial score (nSPS) is 14.6. The quantitative estimate of drug-likeness (QED) is 0.168. The summed E-state index contributed by atoms with van der Waals surface area (Å²) in [7, 11) is 2.53. The monoisotopic (exact) mass is 1040 g/mol. The second-order valence-corrected chi connectivity index (χ2v) is 11.3. The Morgan fingerprint density at radius 2 is 1.00 bits per heavy atom. The fourth-order valence-electron chi connectivity index (χ4n) is 5.05. The predicted octanol–water partition coefficient (Wildman–Crippen LogP) is 2.38. The number of carbonyl (C=O) groups is 10. The van der Waals surface area contributed by atoms with E-state index in [1.807, 2.05) is 0 Å². The maximum atomic E-state index is 11.9. The molecule has 0 saturated carbocycles. The van der Waals surface area contributed by atoms with Crippen molar-refractivity contribution in [2.75, 3.05) is 25.3 Å². The van der Waals surface area contributed by atoms with Gasteiger partial charge in [-0.25, -0.2) is 14.4 Å². The van der Waals surface area contributed by atoms with E-state index < -0.39 is 59.9 Å². The van der Waals surface area contributed by atoms with Gasteiger partial charge in [0.2, 0.25) is 0 Å². The van der Waals surface area contributed by atoms with Gasteiger partial charge in [0, 0.05) is 55.0 Å². The molecule has 0 spiro atoms. The van der Waals surface area contributed by atoms with Crippen molar-refractivity contribution in [1.29, 1.82) is 0 Å². The van der Waals surface area contributed by atoms with Crippen molar-refractivity contribution < 1.29 is 112 Å². The van der Waals surface area contributed by atoms with E-state index >= 15 is 0 Å². The summed E-state index contributed by atoms with van der Waals surface area (Å²) in [5.41, 5.74) is 7.66. The van der Waals surface area contributed by atoms with Gasteiger partial charge < -0.3 is 20.0 Å². The number of fused-ring (bicyclic) bond motifs is 2. The molecule has 0 atom stereocenters. The standard InChI is InChI=1S/C14H12N4O6.C9H9N3O2.C9H8N2O7.HIXe/c1-23-14(22)17-10-4-2-3-9(8(10)7-15-17)16-13(21)24-18-11(19)5-6-12(18)20;1-14-9(13)12-8-4-2-3-7(10)6(8)5-11-12;12-5-1-2-6(13)10(5)17-9(16)18-11-7(14)3-4-8(11)15;1-2/h2-4,7H,5-6H2,1H3,(H,16,21);2-5H,10H2,1H3;1-4H2;2H. The molecule has 7 amide bonds. The maximum Gasteiger partial charge on any atom is 0.560 e. The number of nitrogen functional groups attached to an aromatic ring is 1. The third-order valence-electron chi connectivity index (χ3n) is 7.72. The van der Waals surface area contributed by atoms with Crippen LogP contribution in [-0.4, -0.2) is 109 Å². The van der Waals surface area contributed by atoms with Gasteiger partial charge in [0.15, 0.2) is 0 Å². The molecule has 3 N–H and O–H groups in total. The zero-order valence-electron chi connectivity index (χ0n) is 29.9. The van der Waals surface area contributed by atoms with Crippen molar-refractivity contribution in [2.24, 2.45) is 0 Å². The van der Waals surface area contributed by atoms with E-state index in [-0.39, 0.29) is 48.7 Å². The van der Waals surface area contributed by atoms with Crippen molar-refractivity contribution in [2.45, 2.75) is 38.5 Å². The number of imide groups is 3. The van der Waals surface area contributed by atoms with Gasteiger partial charge >= 0.3 is 76.9 Å². The number of ether oxygens (including phenoxy) is 2. The Bertz CT molecular complexity index is 2230. The van der Waals surface area contributed by atoms with Gasteiger partial charge in [-0.2, -0.15) is 24.4 Å². The molecule has 4 aromatic rings. The third-order valence-corrected chi connectivity index (χ3v) is 7.72. The molecule has 308 valence electrons. The Labute approximate surface area is 361 Å². The van der Waals surface area contributed by atoms with Gasteiger partial charge in [-0.05, 0) is 24.3 Å². The molecule has 3 aliphatic heterocycles. The molecule has 3 aliphatic rings. The molecular weight excluding hydrogens is 1010 g/mol. The smallest absolute Gasteiger partial charge is 0.293 e. The van der Waals surface area contributed by atoms with Crippen LogP contribution in [0.2, 0.25) is 0 Å². The number of hydrogen-bond donors (Lipinski definition) is 2. The second kappa shape index (κ2) is 20.7. The van der Waals surface area contributed by atoms with Gasteiger partial charge in [0.25, 0.3) is 35.4 Å². The first-order chi connectivity index (χ1) is 27.7. The number of nitrogens with zero attached hydrogens (tertiary/aromatic N) is 7. The summed E-state index contributed by atoms with van der Waals surface area (Å²) in [6, 6.07) is 10.0. The number of aromatic nitrogens is 4. The summed E-state index contributed by atoms with van der Waals surface area (Å²) in [5.74, 6) is -3.89. The number of nitrogens with one attached hydrogen (secondary N) is 1. The number of anilines is 2. The third kappa shape index (κ3) is 10.7. The Morgan fingerprint density at radius 1 is 0.621 bits per heavy atom. The number of rotatable bonds is 4. The van der Waals surface area contributed by atoms with Crippen molar-refractivity contribution in [3.8, 4) is 0 Å². The second-order valence-electron chi connectivity index (χ2n) is 11.3. The largest absolute Gasteiger partial charge is 0.560 e. The Hall–Kier alpha value is -5.62. The number of halogens is 1. The number of hydrogen-bond acceptors (Lipinski definition) is 18. The molecular formula is C32H30IN9O15Xe. The number of benzene rings is 2. The molecule has 3 saturated heterocycles. The first kappa shape index (κ1) is 45.1. The topological polar surface area (TPSA) is 300 Å². The Morgan fingerprint density at radius 3 is 1.43 bits per heavy atom. The van der Waals surface area contributed by atoms with Gasteiger partial charge in [-0.1, -0.05) is 22.3 Å². The van der Waals surface area contributed by atoms with E-state index in [2.05, 4.69) is 87.1 Å². The van der Waals surface area contributed by atoms with Crippen LogP contribution in [0.1, 0.15) is 38.5 Å². The zero-order valence-corrected chi connectivity index (χ0v) is 34.3. The fraction of sp³-hybridized carbons (Fsp3) is 0.250. The van der Waals surface area contributed by atoms with E-state index in [1.54, 1.807) is 42.6 Å². The molecule has 0 unspecified atom stereocenters. The average Bonchev–Trinajstić information content (AvgIpc) is 4.05. The molecule has 24 nitrogen and oxygen atoms in total. The SMILES string of the molecule is COC(=O)n1ncc2c(N)cccc21.COC(=O)n1ncc2c(NC(=O)ON3C(=O)CCC3=O)cccc21.I[XeH].O=C(ON1C(=O)CCC1=O)ON1C(=O)CCC1=O. The minimum Gasteiger partial charge on any atom is -0.293 e. The molecule has 0 radical (unpaired) electrons. The van der Waals surface area contributed by atoms with Crippen LogP contribution < -0.4 is 11.1 Å². The summed E-state index contributed by atoms with van der Waals surface area (Å²) in [6.45, 7) is 0. The summed E-state index contributed by atoms with van der Waals surface area (Å²) >= 11 is 4.24. The van der Waals surface area contributed by atoms with Crippen LogP contribution >= 0.6 is 12.0 Å². The minimum atomic E-state index is -1.48. The van der Waals surface area contributed by atoms with Crippen molar-refractivity contribution in [1.82, 2.24) is 34.8 Å². The summed E-state index contributed by atoms with van der Waals surface area (Å²) in [4.78, 5) is 127. The molecule has 0 bridgehead atoms. The minimum absolute atomic E-state index is 0.00754. The van der Waals surface area contributed by atoms with E-state index in [0.717, 1.165) is 10.1 Å². The van der Waals surface area contributed by atoms with Crippen LogP contribution in [-0.2, 0) is 52.8 Å². The van der Waals surface area contributed by atoms with E-state index in [4.69, 9.17) is 10.6 Å². The van der Waals surface area contributed by atoms with Crippen LogP contribution in [0.4, 0.5) is 30.6 Å². The van der Waals surface area contributed by atoms with E-state index in [0.29, 0.717) is 32.9 Å². The molecule has 2 aromatic carbocycles. The number of methoxy groups -OCH3 is 2. The zero-order chi connectivity index (χ0) is 42.7. The van der Waals surface area contributed by atoms with Crippen LogP contribution in [0.5, 0.6) is 0 Å². The van der Waals surface area contributed by atoms with Crippen molar-refractivity contribution in [3.63, 3.8) is 0 Å². The Kier molecular flexibility index (Phi) is 16.1. The summed E-state index contributed by atoms with van der Waals surface area (Å²) in [6.07, 6.45) is -1.01. The number of amides is 7. The molecule has 2 aromatic heterocycles. The van der Waals surface area contributed by atoms with Gasteiger partial charge in [0.1, 0.15) is 0 Å². The molecule has 58 heavy (non-hydrogen) atoms. The van der Waals surface area contributed by atoms with Gasteiger partial charge in [-0.3, -0.25) is 43.8 Å². The summed E-state index contributed by atoms with van der Waals surface area (Å²) in [5, 5.41) is 12.4. The van der Waals surface area contributed by atoms with Gasteiger partial charge in [-0.15, -0.1) is 5.06 Å². The number of hydroxylamine groups is 6. The maximum absolute atomic E-state index is 11.9. The summed E-state index contributed by atoms with van der Waals surface area (Å²) < 4.78 is 11.4. The number of nitrogens with two attached hydrogens (primary N) is 1. The van der Waals surface area contributed by atoms with E-state index in [1.165, 1.54) is 25.1 Å². The van der Waals surface area contributed by atoms with E-state index in [9.17, 15) is 47.9 Å². The van der Waals surface area contributed by atoms with Crippen LogP contribution in [0, 0.1) is 40.5 Å². The predicted molar refractivity (Wildman–Crippen MR) is 196 cm³/mol. The fourth-order valence-corrected chi connectivity index (χ4v) is 5.05. The Balaban J connectivity index is 0.000000195. The van der Waals surface area contributed by atoms with Crippen LogP contribution in [0.3, 0.4) is 0 Å². The number of carbonyl (C=O) groups excluding carboxylic acids is 10. The van der Waals surface area contributed by atoms with Gasteiger partial charge in [0.05, 0.1) is 43.3 Å². The van der Waals surface area contributed by atoms with Crippen molar-refractivity contribution in [3.05, 3.63) is 48.8 Å². The molecule has 26 heteroatoms. The molecule has 3 fully saturated rings. The average molecular weight is 1040 g/mol. The molecule has 0 aliphatic carbocycles. The van der Waals surface area contributed by atoms with Crippen LogP contribution in [0.15, 0.2) is 48.8 Å². The molecule has 5 heterocycles. The van der Waals surface area contributed by atoms with Crippen molar-refractivity contribution >= 4 is 105 Å². The molecule has 7 rings (SSSR count).